The van der Waals surface area contributed by atoms with Crippen molar-refractivity contribution in [1.29, 1.82) is 0 Å². The molecule has 0 saturated heterocycles. The summed E-state index contributed by atoms with van der Waals surface area (Å²) in [6, 6.07) is 7.00. The van der Waals surface area contributed by atoms with E-state index in [0.717, 1.165) is 3.57 Å². The number of carboxylic acids is 1. The molecule has 0 heterocycles. The van der Waals surface area contributed by atoms with E-state index in [1.807, 2.05) is 45.2 Å². The van der Waals surface area contributed by atoms with Crippen LogP contribution in [0.15, 0.2) is 28.7 Å². The minimum Gasteiger partial charge on any atom is -0.506 e. The van der Waals surface area contributed by atoms with Gasteiger partial charge in [-0.15, -0.1) is 0 Å². The predicted octanol–water partition coefficient (Wildman–Crippen LogP) is 5.39. The molecule has 0 radical (unpaired) electrons. The van der Waals surface area contributed by atoms with Gasteiger partial charge in [0.05, 0.1) is 21.6 Å². The average Bonchev–Trinajstić information content (AvgIpc) is 2.39. The number of halogens is 4. The van der Waals surface area contributed by atoms with Crippen LogP contribution in [0.4, 0.5) is 0 Å². The lowest BCUT2D eigenvalue weighted by atomic mass is 10.1. The number of hydrogen-bond donors (Lipinski definition) is 2. The molecule has 0 bridgehead atoms. The van der Waals surface area contributed by atoms with Gasteiger partial charge in [0.25, 0.3) is 0 Å². The molecular weight excluding hydrogens is 693 g/mol. The van der Waals surface area contributed by atoms with Gasteiger partial charge in [-0.25, -0.2) is 0 Å². The molecule has 2 aromatic rings. The molecule has 22 heavy (non-hydrogen) atoms. The van der Waals surface area contributed by atoms with Crippen molar-refractivity contribution in [2.75, 3.05) is 0 Å². The molecule has 0 aromatic heterocycles. The molecule has 0 fully saturated rings. The van der Waals surface area contributed by atoms with Crippen LogP contribution in [0.25, 0.3) is 0 Å². The van der Waals surface area contributed by atoms with Crippen LogP contribution in [0.1, 0.15) is 5.56 Å². The van der Waals surface area contributed by atoms with Gasteiger partial charge >= 0.3 is 5.97 Å². The minimum atomic E-state index is -0.876. The first-order valence-corrected chi connectivity index (χ1v) is 9.86. The van der Waals surface area contributed by atoms with E-state index >= 15 is 0 Å². The molecule has 2 N–H and O–H groups in total. The Hall–Kier alpha value is 0.180. The zero-order chi connectivity index (χ0) is 16.4. The molecule has 0 unspecified atom stereocenters. The van der Waals surface area contributed by atoms with Crippen molar-refractivity contribution in [3.8, 4) is 17.2 Å². The maximum absolute atomic E-state index is 10.8. The van der Waals surface area contributed by atoms with E-state index < -0.39 is 5.97 Å². The number of benzene rings is 2. The number of aliphatic carboxylic acids is 1. The molecule has 116 valence electrons. The minimum absolute atomic E-state index is 0.0378. The maximum Gasteiger partial charge on any atom is 0.307 e. The Labute approximate surface area is 176 Å². The summed E-state index contributed by atoms with van der Waals surface area (Å²) in [4.78, 5) is 10.8. The Balaban J connectivity index is 2.36. The fraction of sp³-hybridized carbons (Fsp3) is 0.0714. The second kappa shape index (κ2) is 7.83. The van der Waals surface area contributed by atoms with Crippen molar-refractivity contribution in [2.24, 2.45) is 0 Å². The highest BCUT2D eigenvalue weighted by molar-refractivity contribution is 14.1. The number of rotatable bonds is 4. The molecule has 0 aliphatic carbocycles. The summed E-state index contributed by atoms with van der Waals surface area (Å²) in [7, 11) is 0. The van der Waals surface area contributed by atoms with Crippen LogP contribution in [0.2, 0.25) is 0 Å². The molecule has 0 aliphatic heterocycles. The highest BCUT2D eigenvalue weighted by Crippen LogP contribution is 2.38. The Morgan fingerprint density at radius 2 is 1.68 bits per heavy atom. The first kappa shape index (κ1) is 18.5. The normalized spacial score (nSPS) is 10.5. The van der Waals surface area contributed by atoms with Crippen molar-refractivity contribution in [2.45, 2.75) is 6.42 Å². The number of aromatic hydroxyl groups is 1. The summed E-state index contributed by atoms with van der Waals surface area (Å²) in [5, 5.41) is 18.7. The summed E-state index contributed by atoms with van der Waals surface area (Å²) in [6.45, 7) is 0. The van der Waals surface area contributed by atoms with Gasteiger partial charge in [0.15, 0.2) is 5.75 Å². The molecule has 0 aliphatic rings. The third-order valence-corrected chi connectivity index (χ3v) is 5.66. The Morgan fingerprint density at radius 1 is 1.09 bits per heavy atom. The van der Waals surface area contributed by atoms with E-state index in [0.29, 0.717) is 28.7 Å². The van der Waals surface area contributed by atoms with E-state index in [-0.39, 0.29) is 12.2 Å². The summed E-state index contributed by atoms with van der Waals surface area (Å²) in [5.41, 5.74) is 0.700. The molecule has 0 amide bonds. The quantitative estimate of drug-likeness (QED) is 0.421. The molecule has 2 rings (SSSR count). The molecule has 8 heteroatoms. The van der Waals surface area contributed by atoms with E-state index in [4.69, 9.17) is 9.84 Å². The number of carbonyl (C=O) groups is 1. The molecule has 0 atom stereocenters. The number of phenols is 1. The smallest absolute Gasteiger partial charge is 0.307 e. The number of phenolic OH excluding ortho intramolecular Hbond substituents is 1. The van der Waals surface area contributed by atoms with Crippen LogP contribution in [-0.2, 0) is 11.2 Å². The summed E-state index contributed by atoms with van der Waals surface area (Å²) >= 11 is 9.61. The monoisotopic (exact) mass is 700 g/mol. The molecule has 4 nitrogen and oxygen atoms in total. The maximum atomic E-state index is 10.8. The highest BCUT2D eigenvalue weighted by Gasteiger charge is 2.14. The van der Waals surface area contributed by atoms with Crippen molar-refractivity contribution in [3.63, 3.8) is 0 Å². The fourth-order valence-electron chi connectivity index (χ4n) is 1.71. The van der Waals surface area contributed by atoms with Gasteiger partial charge in [0.2, 0.25) is 0 Å². The summed E-state index contributed by atoms with van der Waals surface area (Å²) < 4.78 is 8.79. The lowest BCUT2D eigenvalue weighted by molar-refractivity contribution is -0.136. The topological polar surface area (TPSA) is 66.8 Å². The average molecular weight is 701 g/mol. The van der Waals surface area contributed by atoms with Crippen molar-refractivity contribution < 1.29 is 19.7 Å². The third-order valence-electron chi connectivity index (χ3n) is 2.62. The number of hydrogen-bond acceptors (Lipinski definition) is 3. The number of ether oxygens (including phenoxy) is 1. The van der Waals surface area contributed by atoms with Crippen LogP contribution in [0, 0.1) is 10.7 Å². The Morgan fingerprint density at radius 3 is 2.18 bits per heavy atom. The fourth-order valence-corrected chi connectivity index (χ4v) is 5.18. The lowest BCUT2D eigenvalue weighted by Crippen LogP contribution is -2.01. The number of carboxylic acid groups (broad SMARTS) is 1. The molecule has 0 saturated carbocycles. The summed E-state index contributed by atoms with van der Waals surface area (Å²) in [5.74, 6) is 0.585. The molecule has 2 aromatic carbocycles. The largest absolute Gasteiger partial charge is 0.506 e. The Bertz CT molecular complexity index is 703. The van der Waals surface area contributed by atoms with Crippen LogP contribution in [0.3, 0.4) is 0 Å². The van der Waals surface area contributed by atoms with Crippen molar-refractivity contribution in [3.05, 3.63) is 45.0 Å². The van der Waals surface area contributed by atoms with E-state index in [1.165, 1.54) is 0 Å². The van der Waals surface area contributed by atoms with Crippen molar-refractivity contribution in [1.82, 2.24) is 0 Å². The van der Waals surface area contributed by atoms with E-state index in [2.05, 4.69) is 38.5 Å². The second-order valence-electron chi connectivity index (χ2n) is 4.30. The standard InChI is InChI=1S/C14H8BrI3O4/c15-8-1-6(3-12(19)20)2-11(18)14(8)22-7-4-9(16)13(21)10(17)5-7/h1-2,4-5,21H,3H2,(H,19,20). The van der Waals surface area contributed by atoms with Crippen LogP contribution >= 0.6 is 83.7 Å². The van der Waals surface area contributed by atoms with Crippen molar-refractivity contribution >= 4 is 89.7 Å². The lowest BCUT2D eigenvalue weighted by Gasteiger charge is -2.13. The SMILES string of the molecule is O=C(O)Cc1cc(Br)c(Oc2cc(I)c(O)c(I)c2)c(I)c1. The zero-order valence-corrected chi connectivity index (χ0v) is 18.8. The van der Waals surface area contributed by atoms with Gasteiger partial charge in [-0.05, 0) is 114 Å². The molecular formula is C14H8BrI3O4. The first-order chi connectivity index (χ1) is 10.3. The first-order valence-electron chi connectivity index (χ1n) is 5.83. The van der Waals surface area contributed by atoms with Crippen LogP contribution < -0.4 is 4.74 Å². The van der Waals surface area contributed by atoms with Gasteiger partial charge in [-0.1, -0.05) is 0 Å². The van der Waals surface area contributed by atoms with E-state index in [1.54, 1.807) is 24.3 Å². The zero-order valence-electron chi connectivity index (χ0n) is 10.7. The summed E-state index contributed by atoms with van der Waals surface area (Å²) in [6.07, 6.45) is -0.0378. The Kier molecular flexibility index (Phi) is 6.59. The van der Waals surface area contributed by atoms with E-state index in [9.17, 15) is 9.90 Å². The molecule has 0 spiro atoms. The van der Waals surface area contributed by atoms with Crippen LogP contribution in [0.5, 0.6) is 17.2 Å². The highest BCUT2D eigenvalue weighted by atomic mass is 127. The third kappa shape index (κ3) is 4.60. The second-order valence-corrected chi connectivity index (χ2v) is 8.64. The van der Waals surface area contributed by atoms with Gasteiger partial charge in [-0.3, -0.25) is 4.79 Å². The van der Waals surface area contributed by atoms with Crippen LogP contribution in [-0.4, -0.2) is 16.2 Å². The predicted molar refractivity (Wildman–Crippen MR) is 112 cm³/mol. The van der Waals surface area contributed by atoms with Gasteiger partial charge < -0.3 is 14.9 Å². The van der Waals surface area contributed by atoms with Gasteiger partial charge in [0.1, 0.15) is 11.5 Å². The van der Waals surface area contributed by atoms with Gasteiger partial charge in [0, 0.05) is 0 Å². The van der Waals surface area contributed by atoms with Gasteiger partial charge in [-0.2, -0.15) is 0 Å².